The molecule has 2 rings (SSSR count). The molecule has 0 atom stereocenters. The number of nitrogens with zero attached hydrogens (tertiary/aromatic N) is 1. The number of rotatable bonds is 2. The van der Waals surface area contributed by atoms with Gasteiger partial charge in [-0.25, -0.2) is 4.39 Å². The van der Waals surface area contributed by atoms with Crippen molar-refractivity contribution >= 4 is 11.4 Å². The molecule has 0 spiro atoms. The highest BCUT2D eigenvalue weighted by Crippen LogP contribution is 2.27. The van der Waals surface area contributed by atoms with Crippen molar-refractivity contribution in [2.45, 2.75) is 6.92 Å². The van der Waals surface area contributed by atoms with Gasteiger partial charge in [-0.05, 0) is 18.6 Å². The fourth-order valence-corrected chi connectivity index (χ4v) is 1.48. The number of hydrogen-bond acceptors (Lipinski definition) is 2. The smallest absolute Gasteiger partial charge is 0.253 e. The van der Waals surface area contributed by atoms with E-state index in [4.69, 9.17) is 0 Å². The first-order chi connectivity index (χ1) is 8.91. The van der Waals surface area contributed by atoms with E-state index in [1.54, 1.807) is 0 Å². The molecule has 0 radical (unpaired) electrons. The lowest BCUT2D eigenvalue weighted by atomic mass is 10.2. The van der Waals surface area contributed by atoms with Crippen LogP contribution in [0.5, 0.6) is 0 Å². The molecule has 100 valence electrons. The van der Waals surface area contributed by atoms with E-state index in [-0.39, 0.29) is 11.3 Å². The maximum atomic E-state index is 13.6. The van der Waals surface area contributed by atoms with Crippen LogP contribution in [0.15, 0.2) is 18.2 Å². The standard InChI is InChI=1S/C12H7F5N2/c1-5-3-2-4-6(7(5)13)18-10-8(14)11(16)19-12(17)9(10)15/h2-4H,1H3,(H,18,19). The van der Waals surface area contributed by atoms with Crippen LogP contribution in [0.4, 0.5) is 33.3 Å². The Morgan fingerprint density at radius 1 is 0.895 bits per heavy atom. The molecule has 0 bridgehead atoms. The molecule has 0 aliphatic heterocycles. The van der Waals surface area contributed by atoms with Crippen LogP contribution in [0.2, 0.25) is 0 Å². The molecule has 1 aromatic carbocycles. The van der Waals surface area contributed by atoms with E-state index >= 15 is 0 Å². The highest BCUT2D eigenvalue weighted by molar-refractivity contribution is 5.61. The molecule has 19 heavy (non-hydrogen) atoms. The van der Waals surface area contributed by atoms with Crippen molar-refractivity contribution in [3.8, 4) is 0 Å². The molecule has 2 aromatic rings. The molecule has 1 heterocycles. The van der Waals surface area contributed by atoms with Crippen molar-refractivity contribution in [2.75, 3.05) is 5.32 Å². The minimum Gasteiger partial charge on any atom is -0.348 e. The van der Waals surface area contributed by atoms with E-state index < -0.39 is 35.0 Å². The fourth-order valence-electron chi connectivity index (χ4n) is 1.48. The average Bonchev–Trinajstić information content (AvgIpc) is 2.37. The molecule has 1 N–H and O–H groups in total. The molecule has 0 amide bonds. The summed E-state index contributed by atoms with van der Waals surface area (Å²) in [6.07, 6.45) is 0. The quantitative estimate of drug-likeness (QED) is 0.665. The Labute approximate surface area is 104 Å². The van der Waals surface area contributed by atoms with Crippen molar-refractivity contribution < 1.29 is 22.0 Å². The van der Waals surface area contributed by atoms with Gasteiger partial charge in [0, 0.05) is 0 Å². The molecule has 0 aliphatic rings. The summed E-state index contributed by atoms with van der Waals surface area (Å²) in [5.41, 5.74) is -1.22. The second kappa shape index (κ2) is 4.83. The van der Waals surface area contributed by atoms with E-state index in [9.17, 15) is 22.0 Å². The third-order valence-corrected chi connectivity index (χ3v) is 2.45. The lowest BCUT2D eigenvalue weighted by molar-refractivity contribution is 0.411. The number of aryl methyl sites for hydroxylation is 1. The first kappa shape index (κ1) is 13.3. The number of aromatic nitrogens is 1. The zero-order valence-electron chi connectivity index (χ0n) is 9.57. The van der Waals surface area contributed by atoms with E-state index in [2.05, 4.69) is 4.98 Å². The molecule has 0 unspecified atom stereocenters. The second-order valence-corrected chi connectivity index (χ2v) is 3.76. The van der Waals surface area contributed by atoms with Gasteiger partial charge >= 0.3 is 0 Å². The van der Waals surface area contributed by atoms with E-state index in [0.29, 0.717) is 0 Å². The number of nitrogens with one attached hydrogen (secondary N) is 1. The normalized spacial score (nSPS) is 10.6. The summed E-state index contributed by atoms with van der Waals surface area (Å²) in [4.78, 5) is 2.40. The molecular weight excluding hydrogens is 267 g/mol. The molecular formula is C12H7F5N2. The minimum absolute atomic E-state index is 0.209. The predicted molar refractivity (Wildman–Crippen MR) is 58.5 cm³/mol. The largest absolute Gasteiger partial charge is 0.348 e. The highest BCUT2D eigenvalue weighted by Gasteiger charge is 2.21. The SMILES string of the molecule is Cc1cccc(Nc2c(F)c(F)nc(F)c2F)c1F. The van der Waals surface area contributed by atoms with Crippen molar-refractivity contribution in [3.05, 3.63) is 53.1 Å². The van der Waals surface area contributed by atoms with Gasteiger partial charge in [-0.1, -0.05) is 12.1 Å². The lowest BCUT2D eigenvalue weighted by Crippen LogP contribution is -2.07. The number of hydrogen-bond donors (Lipinski definition) is 1. The maximum absolute atomic E-state index is 13.6. The first-order valence-corrected chi connectivity index (χ1v) is 5.14. The molecule has 7 heteroatoms. The molecule has 1 aromatic heterocycles. The number of halogens is 5. The van der Waals surface area contributed by atoms with Gasteiger partial charge in [0.05, 0.1) is 5.69 Å². The first-order valence-electron chi connectivity index (χ1n) is 5.14. The number of pyridine rings is 1. The van der Waals surface area contributed by atoms with Crippen molar-refractivity contribution in [3.63, 3.8) is 0 Å². The van der Waals surface area contributed by atoms with Crippen LogP contribution in [0.1, 0.15) is 5.56 Å². The summed E-state index contributed by atoms with van der Waals surface area (Å²) in [5, 5.41) is 1.99. The van der Waals surface area contributed by atoms with Gasteiger partial charge in [-0.15, -0.1) is 0 Å². The zero-order valence-corrected chi connectivity index (χ0v) is 9.57. The molecule has 2 nitrogen and oxygen atoms in total. The van der Waals surface area contributed by atoms with E-state index in [1.807, 2.05) is 5.32 Å². The van der Waals surface area contributed by atoms with E-state index in [0.717, 1.165) is 0 Å². The van der Waals surface area contributed by atoms with Gasteiger partial charge in [-0.2, -0.15) is 22.5 Å². The Bertz CT molecular complexity index is 616. The van der Waals surface area contributed by atoms with E-state index in [1.165, 1.54) is 25.1 Å². The number of benzene rings is 1. The van der Waals surface area contributed by atoms with Crippen LogP contribution >= 0.6 is 0 Å². The third-order valence-electron chi connectivity index (χ3n) is 2.45. The average molecular weight is 274 g/mol. The second-order valence-electron chi connectivity index (χ2n) is 3.76. The van der Waals surface area contributed by atoms with Gasteiger partial charge < -0.3 is 5.32 Å². The van der Waals surface area contributed by atoms with Crippen molar-refractivity contribution in [1.29, 1.82) is 0 Å². The number of anilines is 2. The lowest BCUT2D eigenvalue weighted by Gasteiger charge is -2.11. The van der Waals surface area contributed by atoms with Crippen molar-refractivity contribution in [1.82, 2.24) is 4.98 Å². The predicted octanol–water partition coefficient (Wildman–Crippen LogP) is 3.83. The summed E-state index contributed by atoms with van der Waals surface area (Å²) in [7, 11) is 0. The van der Waals surface area contributed by atoms with Crippen LogP contribution in [0.3, 0.4) is 0 Å². The Balaban J connectivity index is 2.52. The fraction of sp³-hybridized carbons (Fsp3) is 0.0833. The molecule has 0 saturated carbocycles. The summed E-state index contributed by atoms with van der Waals surface area (Å²) in [5.74, 6) is -7.84. The van der Waals surface area contributed by atoms with Crippen LogP contribution in [0, 0.1) is 36.3 Å². The monoisotopic (exact) mass is 274 g/mol. The molecule has 0 fully saturated rings. The molecule has 0 aliphatic carbocycles. The van der Waals surface area contributed by atoms with Gasteiger partial charge in [0.2, 0.25) is 11.6 Å². The highest BCUT2D eigenvalue weighted by atomic mass is 19.2. The summed E-state index contributed by atoms with van der Waals surface area (Å²) < 4.78 is 66.1. The van der Waals surface area contributed by atoms with Crippen LogP contribution in [-0.2, 0) is 0 Å². The minimum atomic E-state index is -1.81. The van der Waals surface area contributed by atoms with Gasteiger partial charge in [0.15, 0.2) is 0 Å². The summed E-state index contributed by atoms with van der Waals surface area (Å²) >= 11 is 0. The van der Waals surface area contributed by atoms with Gasteiger partial charge in [-0.3, -0.25) is 0 Å². The summed E-state index contributed by atoms with van der Waals surface area (Å²) in [6, 6.07) is 4.03. The Morgan fingerprint density at radius 3 is 2.05 bits per heavy atom. The van der Waals surface area contributed by atoms with Crippen LogP contribution < -0.4 is 5.32 Å². The Hall–Kier alpha value is -2.18. The molecule has 0 saturated heterocycles. The van der Waals surface area contributed by atoms with Gasteiger partial charge in [0.25, 0.3) is 11.9 Å². The maximum Gasteiger partial charge on any atom is 0.253 e. The third kappa shape index (κ3) is 2.35. The van der Waals surface area contributed by atoms with Crippen molar-refractivity contribution in [2.24, 2.45) is 0 Å². The van der Waals surface area contributed by atoms with Crippen LogP contribution in [0.25, 0.3) is 0 Å². The Morgan fingerprint density at radius 2 is 1.47 bits per heavy atom. The summed E-state index contributed by atoms with van der Waals surface area (Å²) in [6.45, 7) is 1.43. The van der Waals surface area contributed by atoms with Crippen LogP contribution in [-0.4, -0.2) is 4.98 Å². The zero-order chi connectivity index (χ0) is 14.2. The topological polar surface area (TPSA) is 24.9 Å². The Kier molecular flexibility index (Phi) is 3.37. The van der Waals surface area contributed by atoms with Gasteiger partial charge in [0.1, 0.15) is 11.5 Å².